The fourth-order valence-corrected chi connectivity index (χ4v) is 5.03. The first-order valence-electron chi connectivity index (χ1n) is 10.6. The Kier molecular flexibility index (Phi) is 4.86. The molecule has 1 aromatic carbocycles. The summed E-state index contributed by atoms with van der Waals surface area (Å²) < 4.78 is 2.03. The fraction of sp³-hybridized carbons (Fsp3) is 0.455. The van der Waals surface area contributed by atoms with Gasteiger partial charge in [-0.1, -0.05) is 12.1 Å². The quantitative estimate of drug-likeness (QED) is 0.676. The summed E-state index contributed by atoms with van der Waals surface area (Å²) in [5.41, 5.74) is 9.09. The zero-order chi connectivity index (χ0) is 21.7. The van der Waals surface area contributed by atoms with Crippen molar-refractivity contribution in [3.63, 3.8) is 0 Å². The summed E-state index contributed by atoms with van der Waals surface area (Å²) in [5, 5.41) is 2.34. The maximum absolute atomic E-state index is 12.9. The molecule has 0 bridgehead atoms. The Morgan fingerprint density at radius 3 is 2.81 bits per heavy atom. The van der Waals surface area contributed by atoms with Crippen LogP contribution < -0.4 is 11.1 Å². The molecule has 0 spiro atoms. The van der Waals surface area contributed by atoms with Gasteiger partial charge in [0.15, 0.2) is 0 Å². The molecule has 2 fully saturated rings. The Morgan fingerprint density at radius 1 is 1.23 bits per heavy atom. The highest BCUT2D eigenvalue weighted by molar-refractivity contribution is 6.05. The summed E-state index contributed by atoms with van der Waals surface area (Å²) in [6.45, 7) is 2.76. The van der Waals surface area contributed by atoms with Crippen LogP contribution in [-0.2, 0) is 29.7 Å². The number of hydrogen-bond donors (Lipinski definition) is 2. The third kappa shape index (κ3) is 3.53. The van der Waals surface area contributed by atoms with Crippen LogP contribution in [-0.4, -0.2) is 62.2 Å². The molecule has 3 atom stereocenters. The molecule has 5 rings (SSSR count). The average molecular weight is 422 g/mol. The summed E-state index contributed by atoms with van der Waals surface area (Å²) in [6, 6.07) is 5.32. The van der Waals surface area contributed by atoms with Gasteiger partial charge >= 0.3 is 0 Å². The minimum absolute atomic E-state index is 0.0279. The van der Waals surface area contributed by atoms with E-state index in [1.54, 1.807) is 11.1 Å². The third-order valence-corrected chi connectivity index (χ3v) is 6.62. The number of nitrogens with zero attached hydrogens (tertiary/aromatic N) is 4. The Morgan fingerprint density at radius 2 is 2.06 bits per heavy atom. The van der Waals surface area contributed by atoms with Crippen LogP contribution in [0.5, 0.6) is 0 Å². The largest absolute Gasteiger partial charge is 0.338 e. The molecule has 1 unspecified atom stereocenters. The number of carbonyl (C=O) groups excluding carboxylic acids is 3. The van der Waals surface area contributed by atoms with Crippen LogP contribution in [0.25, 0.3) is 0 Å². The first-order chi connectivity index (χ1) is 14.9. The van der Waals surface area contributed by atoms with Gasteiger partial charge in [-0.2, -0.15) is 0 Å². The number of imide groups is 1. The lowest BCUT2D eigenvalue weighted by Crippen LogP contribution is -2.52. The van der Waals surface area contributed by atoms with Gasteiger partial charge in [0.25, 0.3) is 5.91 Å². The maximum atomic E-state index is 12.9. The number of hydrogen-bond acceptors (Lipinski definition) is 6. The third-order valence-electron chi connectivity index (χ3n) is 6.62. The number of benzene rings is 1. The molecule has 0 saturated carbocycles. The van der Waals surface area contributed by atoms with Gasteiger partial charge in [-0.15, -0.1) is 0 Å². The van der Waals surface area contributed by atoms with Gasteiger partial charge in [-0.3, -0.25) is 24.6 Å². The molecule has 31 heavy (non-hydrogen) atoms. The van der Waals surface area contributed by atoms with Crippen LogP contribution >= 0.6 is 0 Å². The molecule has 1 aromatic heterocycles. The summed E-state index contributed by atoms with van der Waals surface area (Å²) in [4.78, 5) is 44.9. The molecule has 3 aliphatic rings. The number of piperidine rings is 1. The van der Waals surface area contributed by atoms with E-state index in [9.17, 15) is 14.4 Å². The predicted octanol–water partition coefficient (Wildman–Crippen LogP) is 0.108. The lowest BCUT2D eigenvalue weighted by atomic mass is 10.0. The van der Waals surface area contributed by atoms with Crippen molar-refractivity contribution in [3.8, 4) is 0 Å². The number of imidazole rings is 1. The van der Waals surface area contributed by atoms with E-state index in [0.717, 1.165) is 36.6 Å². The van der Waals surface area contributed by atoms with E-state index in [4.69, 9.17) is 5.73 Å². The first kappa shape index (κ1) is 19.9. The molecule has 9 nitrogen and oxygen atoms in total. The maximum Gasteiger partial charge on any atom is 0.255 e. The van der Waals surface area contributed by atoms with Crippen LogP contribution in [0.1, 0.15) is 46.1 Å². The number of carbonyl (C=O) groups is 3. The van der Waals surface area contributed by atoms with Gasteiger partial charge in [0, 0.05) is 69.6 Å². The second-order valence-corrected chi connectivity index (χ2v) is 8.75. The standard InChI is InChI=1S/C22H26N6O3/c1-26-7-6-24-20(26)16-11-27(12-17(16)23)9-13-2-3-15-14(8-13)10-28(22(15)31)18-4-5-19(29)25-21(18)30/h2-3,6-8,16-18H,4-5,9-12,23H2,1H3,(H,25,29,30)/t16-,17-,18?/m1/s1. The summed E-state index contributed by atoms with van der Waals surface area (Å²) in [7, 11) is 1.99. The number of nitrogens with one attached hydrogen (secondary N) is 1. The molecule has 4 heterocycles. The highest BCUT2D eigenvalue weighted by Gasteiger charge is 2.39. The lowest BCUT2D eigenvalue weighted by Gasteiger charge is -2.29. The van der Waals surface area contributed by atoms with Gasteiger partial charge in [-0.25, -0.2) is 4.98 Å². The number of aryl methyl sites for hydroxylation is 1. The number of aromatic nitrogens is 2. The van der Waals surface area contributed by atoms with E-state index in [1.165, 1.54) is 0 Å². The van der Waals surface area contributed by atoms with Crippen LogP contribution in [0.15, 0.2) is 30.6 Å². The number of amides is 3. The second kappa shape index (κ2) is 7.58. The van der Waals surface area contributed by atoms with Crippen molar-refractivity contribution in [2.24, 2.45) is 12.8 Å². The van der Waals surface area contributed by atoms with Crippen molar-refractivity contribution in [2.75, 3.05) is 13.1 Å². The predicted molar refractivity (Wildman–Crippen MR) is 112 cm³/mol. The van der Waals surface area contributed by atoms with Gasteiger partial charge in [0.05, 0.1) is 0 Å². The van der Waals surface area contributed by atoms with E-state index in [0.29, 0.717) is 18.5 Å². The molecule has 3 amide bonds. The molecule has 0 radical (unpaired) electrons. The Bertz CT molecular complexity index is 1060. The summed E-state index contributed by atoms with van der Waals surface area (Å²) in [6.07, 6.45) is 4.37. The molecule has 9 heteroatoms. The number of rotatable bonds is 4. The number of likely N-dealkylation sites (tertiary alicyclic amines) is 1. The van der Waals surface area contributed by atoms with Crippen molar-refractivity contribution in [2.45, 2.75) is 43.9 Å². The van der Waals surface area contributed by atoms with Crippen molar-refractivity contribution in [3.05, 3.63) is 53.1 Å². The van der Waals surface area contributed by atoms with Gasteiger partial charge in [0.2, 0.25) is 11.8 Å². The van der Waals surface area contributed by atoms with E-state index < -0.39 is 6.04 Å². The molecule has 3 aliphatic heterocycles. The van der Waals surface area contributed by atoms with Crippen molar-refractivity contribution < 1.29 is 14.4 Å². The van der Waals surface area contributed by atoms with E-state index in [1.807, 2.05) is 29.9 Å². The molecule has 0 aliphatic carbocycles. The van der Waals surface area contributed by atoms with Gasteiger partial charge in [-0.05, 0) is 23.6 Å². The molecule has 2 aromatic rings. The van der Waals surface area contributed by atoms with Crippen LogP contribution in [0.4, 0.5) is 0 Å². The minimum atomic E-state index is -0.587. The smallest absolute Gasteiger partial charge is 0.255 e. The zero-order valence-electron chi connectivity index (χ0n) is 17.5. The van der Waals surface area contributed by atoms with Crippen LogP contribution in [0.3, 0.4) is 0 Å². The highest BCUT2D eigenvalue weighted by atomic mass is 16.2. The molecule has 2 saturated heterocycles. The molecule has 3 N–H and O–H groups in total. The Labute approximate surface area is 180 Å². The number of nitrogens with two attached hydrogens (primary N) is 1. The lowest BCUT2D eigenvalue weighted by molar-refractivity contribution is -0.136. The molecular weight excluding hydrogens is 396 g/mol. The molecule has 162 valence electrons. The average Bonchev–Trinajstić information content (AvgIpc) is 3.39. The van der Waals surface area contributed by atoms with Crippen LogP contribution in [0, 0.1) is 0 Å². The van der Waals surface area contributed by atoms with Crippen molar-refractivity contribution in [1.29, 1.82) is 0 Å². The van der Waals surface area contributed by atoms with E-state index in [-0.39, 0.29) is 36.1 Å². The fourth-order valence-electron chi connectivity index (χ4n) is 5.03. The topological polar surface area (TPSA) is 114 Å². The SMILES string of the molecule is Cn1ccnc1[C@@H]1CN(Cc2ccc3c(c2)CN(C2CCC(=O)NC2=O)C3=O)C[C@H]1N. The minimum Gasteiger partial charge on any atom is -0.338 e. The Hall–Kier alpha value is -3.04. The monoisotopic (exact) mass is 422 g/mol. The first-order valence-corrected chi connectivity index (χ1v) is 10.6. The second-order valence-electron chi connectivity index (χ2n) is 8.75. The van der Waals surface area contributed by atoms with Gasteiger partial charge in [0.1, 0.15) is 11.9 Å². The summed E-state index contributed by atoms with van der Waals surface area (Å²) >= 11 is 0. The highest BCUT2D eigenvalue weighted by Crippen LogP contribution is 2.30. The van der Waals surface area contributed by atoms with Gasteiger partial charge < -0.3 is 15.2 Å². The van der Waals surface area contributed by atoms with E-state index in [2.05, 4.69) is 21.3 Å². The zero-order valence-corrected chi connectivity index (χ0v) is 17.5. The van der Waals surface area contributed by atoms with Crippen molar-refractivity contribution in [1.82, 2.24) is 24.7 Å². The Balaban J connectivity index is 1.28. The normalized spacial score (nSPS) is 26.5. The van der Waals surface area contributed by atoms with E-state index >= 15 is 0 Å². The van der Waals surface area contributed by atoms with Crippen molar-refractivity contribution >= 4 is 17.7 Å². The van der Waals surface area contributed by atoms with Crippen LogP contribution in [0.2, 0.25) is 0 Å². The summed E-state index contributed by atoms with van der Waals surface area (Å²) in [5.74, 6) is 0.395. The molecular formula is C22H26N6O3. The number of fused-ring (bicyclic) bond motifs is 1.